The summed E-state index contributed by atoms with van der Waals surface area (Å²) in [6, 6.07) is 0.312. The summed E-state index contributed by atoms with van der Waals surface area (Å²) in [4.78, 5) is 13.5. The Kier molecular flexibility index (Phi) is 5.36. The molecule has 0 aromatic carbocycles. The van der Waals surface area contributed by atoms with Crippen molar-refractivity contribution in [2.24, 2.45) is 0 Å². The predicted octanol–water partition coefficient (Wildman–Crippen LogP) is 0.399. The Labute approximate surface area is 91.3 Å². The highest BCUT2D eigenvalue weighted by atomic mass is 16.5. The van der Waals surface area contributed by atoms with Crippen molar-refractivity contribution >= 4 is 5.91 Å². The molecule has 1 N–H and O–H groups in total. The number of carbonyl (C=O) groups is 1. The second-order valence-corrected chi connectivity index (χ2v) is 3.80. The van der Waals surface area contributed by atoms with E-state index in [2.05, 4.69) is 11.9 Å². The number of nitrogens with one attached hydrogen (secondary N) is 1. The van der Waals surface area contributed by atoms with Crippen molar-refractivity contribution in [3.63, 3.8) is 0 Å². The molecule has 1 rings (SSSR count). The van der Waals surface area contributed by atoms with Crippen LogP contribution in [0.3, 0.4) is 0 Å². The molecular weight excluding hydrogens is 192 g/mol. The van der Waals surface area contributed by atoms with Gasteiger partial charge >= 0.3 is 0 Å². The lowest BCUT2D eigenvalue weighted by atomic mass is 10.2. The van der Waals surface area contributed by atoms with Crippen molar-refractivity contribution in [1.82, 2.24) is 10.2 Å². The first-order valence-corrected chi connectivity index (χ1v) is 5.44. The summed E-state index contributed by atoms with van der Waals surface area (Å²) in [6.45, 7) is 8.89. The molecule has 0 saturated carbocycles. The maximum atomic E-state index is 11.7. The van der Waals surface area contributed by atoms with E-state index in [4.69, 9.17) is 4.74 Å². The van der Waals surface area contributed by atoms with Gasteiger partial charge in [-0.3, -0.25) is 4.79 Å². The molecule has 0 aliphatic carbocycles. The number of hydrogen-bond acceptors (Lipinski definition) is 3. The van der Waals surface area contributed by atoms with Gasteiger partial charge in [0.15, 0.2) is 0 Å². The number of rotatable bonds is 5. The Bertz CT molecular complexity index is 213. The van der Waals surface area contributed by atoms with Gasteiger partial charge in [-0.25, -0.2) is 0 Å². The number of carbonyl (C=O) groups excluding carboxylic acids is 1. The van der Waals surface area contributed by atoms with Crippen molar-refractivity contribution < 1.29 is 9.53 Å². The van der Waals surface area contributed by atoms with Crippen LogP contribution in [-0.4, -0.2) is 49.7 Å². The predicted molar refractivity (Wildman–Crippen MR) is 59.7 cm³/mol. The van der Waals surface area contributed by atoms with Gasteiger partial charge in [0.2, 0.25) is 5.91 Å². The summed E-state index contributed by atoms with van der Waals surface area (Å²) in [5, 5.41) is 3.18. The molecule has 1 heterocycles. The zero-order valence-corrected chi connectivity index (χ0v) is 9.37. The molecule has 1 saturated heterocycles. The largest absolute Gasteiger partial charge is 0.378 e. The Balaban J connectivity index is 2.19. The molecule has 1 atom stereocenters. The van der Waals surface area contributed by atoms with Crippen LogP contribution in [0.15, 0.2) is 12.7 Å². The summed E-state index contributed by atoms with van der Waals surface area (Å²) < 4.78 is 5.19. The van der Waals surface area contributed by atoms with Crippen molar-refractivity contribution in [3.8, 4) is 0 Å². The Hall–Kier alpha value is -0.870. The molecule has 0 bridgehead atoms. The van der Waals surface area contributed by atoms with E-state index in [9.17, 15) is 4.79 Å². The van der Waals surface area contributed by atoms with Crippen molar-refractivity contribution in [3.05, 3.63) is 12.7 Å². The van der Waals surface area contributed by atoms with Crippen LogP contribution in [-0.2, 0) is 9.53 Å². The standard InChI is InChI=1S/C11H20N2O2/c1-3-4-10(2)12-9-11(14)13-5-7-15-8-6-13/h3,10,12H,1,4-9H2,2H3. The van der Waals surface area contributed by atoms with Crippen LogP contribution in [0.25, 0.3) is 0 Å². The van der Waals surface area contributed by atoms with E-state index in [-0.39, 0.29) is 5.91 Å². The topological polar surface area (TPSA) is 41.6 Å². The molecule has 86 valence electrons. The Morgan fingerprint density at radius 3 is 2.87 bits per heavy atom. The fraction of sp³-hybridized carbons (Fsp3) is 0.727. The summed E-state index contributed by atoms with van der Waals surface area (Å²) in [5.74, 6) is 0.161. The molecule has 1 fully saturated rings. The molecule has 4 heteroatoms. The SMILES string of the molecule is C=CCC(C)NCC(=O)N1CCOCC1. The van der Waals surface area contributed by atoms with Crippen LogP contribution < -0.4 is 5.32 Å². The van der Waals surface area contributed by atoms with Gasteiger partial charge in [0.1, 0.15) is 0 Å². The first-order valence-electron chi connectivity index (χ1n) is 5.44. The van der Waals surface area contributed by atoms with Crippen LogP contribution in [0.5, 0.6) is 0 Å². The van der Waals surface area contributed by atoms with E-state index >= 15 is 0 Å². The minimum atomic E-state index is 0.161. The third-order valence-corrected chi connectivity index (χ3v) is 2.49. The third kappa shape index (κ3) is 4.44. The molecule has 1 aliphatic rings. The van der Waals surface area contributed by atoms with Gasteiger partial charge < -0.3 is 15.0 Å². The zero-order valence-electron chi connectivity index (χ0n) is 9.37. The second-order valence-electron chi connectivity index (χ2n) is 3.80. The Morgan fingerprint density at radius 1 is 1.60 bits per heavy atom. The molecule has 0 aromatic heterocycles. The van der Waals surface area contributed by atoms with Gasteiger partial charge in [-0.2, -0.15) is 0 Å². The van der Waals surface area contributed by atoms with Crippen LogP contribution in [0.4, 0.5) is 0 Å². The van der Waals surface area contributed by atoms with Crippen molar-refractivity contribution in [2.75, 3.05) is 32.8 Å². The molecule has 0 radical (unpaired) electrons. The number of amides is 1. The van der Waals surface area contributed by atoms with Gasteiger partial charge in [0, 0.05) is 19.1 Å². The van der Waals surface area contributed by atoms with Gasteiger partial charge in [-0.05, 0) is 13.3 Å². The van der Waals surface area contributed by atoms with Gasteiger partial charge in [-0.15, -0.1) is 6.58 Å². The van der Waals surface area contributed by atoms with Gasteiger partial charge in [-0.1, -0.05) is 6.08 Å². The molecule has 1 aliphatic heterocycles. The lowest BCUT2D eigenvalue weighted by Crippen LogP contribution is -2.46. The minimum absolute atomic E-state index is 0.161. The maximum Gasteiger partial charge on any atom is 0.236 e. The molecular formula is C11H20N2O2. The first kappa shape index (κ1) is 12.2. The molecule has 15 heavy (non-hydrogen) atoms. The summed E-state index contributed by atoms with van der Waals surface area (Å²) in [6.07, 6.45) is 2.74. The van der Waals surface area contributed by atoms with Crippen molar-refractivity contribution in [2.45, 2.75) is 19.4 Å². The lowest BCUT2D eigenvalue weighted by Gasteiger charge is -2.27. The highest BCUT2D eigenvalue weighted by Crippen LogP contribution is 1.97. The van der Waals surface area contributed by atoms with Gasteiger partial charge in [0.25, 0.3) is 0 Å². The van der Waals surface area contributed by atoms with Crippen LogP contribution >= 0.6 is 0 Å². The van der Waals surface area contributed by atoms with Crippen LogP contribution in [0.1, 0.15) is 13.3 Å². The molecule has 4 nitrogen and oxygen atoms in total. The highest BCUT2D eigenvalue weighted by Gasteiger charge is 2.16. The summed E-state index contributed by atoms with van der Waals surface area (Å²) in [7, 11) is 0. The molecule has 1 amide bonds. The van der Waals surface area contributed by atoms with E-state index in [1.165, 1.54) is 0 Å². The lowest BCUT2D eigenvalue weighted by molar-refractivity contribution is -0.134. The van der Waals surface area contributed by atoms with Crippen molar-refractivity contribution in [1.29, 1.82) is 0 Å². The van der Waals surface area contributed by atoms with E-state index in [1.807, 2.05) is 17.9 Å². The number of hydrogen-bond donors (Lipinski definition) is 1. The normalized spacial score (nSPS) is 18.6. The quantitative estimate of drug-likeness (QED) is 0.671. The fourth-order valence-corrected chi connectivity index (χ4v) is 1.52. The molecule has 0 aromatic rings. The van der Waals surface area contributed by atoms with E-state index in [0.29, 0.717) is 25.8 Å². The van der Waals surface area contributed by atoms with Crippen LogP contribution in [0, 0.1) is 0 Å². The zero-order chi connectivity index (χ0) is 11.1. The van der Waals surface area contributed by atoms with E-state index in [1.54, 1.807) is 0 Å². The van der Waals surface area contributed by atoms with Gasteiger partial charge in [0.05, 0.1) is 19.8 Å². The smallest absolute Gasteiger partial charge is 0.236 e. The number of ether oxygens (including phenoxy) is 1. The van der Waals surface area contributed by atoms with Crippen LogP contribution in [0.2, 0.25) is 0 Å². The summed E-state index contributed by atoms with van der Waals surface area (Å²) >= 11 is 0. The number of nitrogens with zero attached hydrogens (tertiary/aromatic N) is 1. The molecule has 0 spiro atoms. The monoisotopic (exact) mass is 212 g/mol. The minimum Gasteiger partial charge on any atom is -0.378 e. The average Bonchev–Trinajstić information content (AvgIpc) is 2.27. The van der Waals surface area contributed by atoms with E-state index in [0.717, 1.165) is 19.5 Å². The highest BCUT2D eigenvalue weighted by molar-refractivity contribution is 5.78. The summed E-state index contributed by atoms with van der Waals surface area (Å²) in [5.41, 5.74) is 0. The third-order valence-electron chi connectivity index (χ3n) is 2.49. The second kappa shape index (κ2) is 6.58. The molecule has 1 unspecified atom stereocenters. The fourth-order valence-electron chi connectivity index (χ4n) is 1.52. The first-order chi connectivity index (χ1) is 7.24. The Morgan fingerprint density at radius 2 is 2.27 bits per heavy atom. The van der Waals surface area contributed by atoms with E-state index < -0.39 is 0 Å². The number of morpholine rings is 1. The maximum absolute atomic E-state index is 11.7. The average molecular weight is 212 g/mol.